The summed E-state index contributed by atoms with van der Waals surface area (Å²) in [6, 6.07) is 8.67. The average Bonchev–Trinajstić information content (AvgIpc) is 2.47. The topological polar surface area (TPSA) is 75.9 Å². The molecule has 1 heterocycles. The second-order valence-electron chi connectivity index (χ2n) is 4.78. The van der Waals surface area contributed by atoms with Gasteiger partial charge in [-0.2, -0.15) is 0 Å². The molecular formula is C14H19N3O3. The third kappa shape index (κ3) is 3.48. The first-order valence-electron chi connectivity index (χ1n) is 6.63. The molecule has 1 aromatic rings. The molecule has 0 saturated carbocycles. The van der Waals surface area contributed by atoms with Gasteiger partial charge in [0, 0.05) is 26.2 Å². The molecule has 2 amide bonds. The Morgan fingerprint density at radius 2 is 1.75 bits per heavy atom. The molecule has 1 saturated heterocycles. The van der Waals surface area contributed by atoms with Crippen molar-refractivity contribution in [3.63, 3.8) is 0 Å². The first kappa shape index (κ1) is 14.3. The van der Waals surface area contributed by atoms with E-state index in [2.05, 4.69) is 0 Å². The van der Waals surface area contributed by atoms with Crippen molar-refractivity contribution in [3.8, 4) is 5.75 Å². The Bertz CT molecular complexity index is 470. The van der Waals surface area contributed by atoms with Gasteiger partial charge in [0.2, 0.25) is 5.91 Å². The molecule has 0 bridgehead atoms. The molecule has 0 spiro atoms. The van der Waals surface area contributed by atoms with Crippen LogP contribution in [-0.2, 0) is 4.79 Å². The van der Waals surface area contributed by atoms with Crippen molar-refractivity contribution >= 4 is 12.0 Å². The molecule has 1 fully saturated rings. The number of hydrogen-bond donors (Lipinski definition) is 1. The Hall–Kier alpha value is -2.08. The molecule has 2 rings (SSSR count). The van der Waals surface area contributed by atoms with Gasteiger partial charge in [-0.15, -0.1) is 0 Å². The zero-order valence-electron chi connectivity index (χ0n) is 11.5. The van der Waals surface area contributed by atoms with Gasteiger partial charge in [-0.25, -0.2) is 4.79 Å². The number of para-hydroxylation sites is 1. The first-order valence-corrected chi connectivity index (χ1v) is 6.63. The highest BCUT2D eigenvalue weighted by Gasteiger charge is 2.27. The van der Waals surface area contributed by atoms with E-state index in [1.54, 1.807) is 24.0 Å². The molecule has 0 radical (unpaired) electrons. The molecule has 1 aromatic carbocycles. The van der Waals surface area contributed by atoms with Crippen LogP contribution in [0.2, 0.25) is 0 Å². The quantitative estimate of drug-likeness (QED) is 0.881. The average molecular weight is 277 g/mol. The number of rotatable bonds is 3. The van der Waals surface area contributed by atoms with Crippen molar-refractivity contribution in [2.45, 2.75) is 13.0 Å². The molecule has 1 aliphatic rings. The normalized spacial score (nSPS) is 17.6. The second kappa shape index (κ2) is 6.38. The fraction of sp³-hybridized carbons (Fsp3) is 0.429. The molecule has 20 heavy (non-hydrogen) atoms. The second-order valence-corrected chi connectivity index (χ2v) is 4.78. The van der Waals surface area contributed by atoms with Gasteiger partial charge in [-0.3, -0.25) is 9.69 Å². The lowest BCUT2D eigenvalue weighted by Gasteiger charge is -2.36. The van der Waals surface area contributed by atoms with Gasteiger partial charge in [0.1, 0.15) is 5.75 Å². The SMILES string of the molecule is CC(C(N)=O)N1CCN(C(=O)Oc2ccccc2)CC1. The number of primary amides is 1. The first-order chi connectivity index (χ1) is 9.58. The highest BCUT2D eigenvalue weighted by Crippen LogP contribution is 2.12. The summed E-state index contributed by atoms with van der Waals surface area (Å²) in [7, 11) is 0. The van der Waals surface area contributed by atoms with E-state index in [0.29, 0.717) is 31.9 Å². The van der Waals surface area contributed by atoms with E-state index < -0.39 is 0 Å². The summed E-state index contributed by atoms with van der Waals surface area (Å²) < 4.78 is 5.27. The van der Waals surface area contributed by atoms with E-state index in [9.17, 15) is 9.59 Å². The maximum Gasteiger partial charge on any atom is 0.415 e. The molecule has 6 nitrogen and oxygen atoms in total. The van der Waals surface area contributed by atoms with E-state index in [-0.39, 0.29) is 18.0 Å². The monoisotopic (exact) mass is 277 g/mol. The summed E-state index contributed by atoms with van der Waals surface area (Å²) in [5.74, 6) is 0.191. The Morgan fingerprint density at radius 1 is 1.15 bits per heavy atom. The molecule has 108 valence electrons. The van der Waals surface area contributed by atoms with E-state index in [4.69, 9.17) is 10.5 Å². The van der Waals surface area contributed by atoms with Crippen LogP contribution in [0.4, 0.5) is 4.79 Å². The number of ether oxygens (including phenoxy) is 1. The lowest BCUT2D eigenvalue weighted by atomic mass is 10.2. The number of benzene rings is 1. The van der Waals surface area contributed by atoms with Gasteiger partial charge < -0.3 is 15.4 Å². The van der Waals surface area contributed by atoms with Crippen molar-refractivity contribution in [1.82, 2.24) is 9.80 Å². The number of nitrogens with zero attached hydrogens (tertiary/aromatic N) is 2. The van der Waals surface area contributed by atoms with Crippen LogP contribution in [-0.4, -0.2) is 54.0 Å². The zero-order chi connectivity index (χ0) is 14.5. The largest absolute Gasteiger partial charge is 0.415 e. The highest BCUT2D eigenvalue weighted by molar-refractivity contribution is 5.79. The molecule has 1 unspecified atom stereocenters. The molecule has 6 heteroatoms. The van der Waals surface area contributed by atoms with E-state index in [1.165, 1.54) is 0 Å². The van der Waals surface area contributed by atoms with Crippen LogP contribution in [0.5, 0.6) is 5.75 Å². The molecule has 1 aliphatic heterocycles. The Labute approximate surface area is 118 Å². The lowest BCUT2D eigenvalue weighted by Crippen LogP contribution is -2.54. The van der Waals surface area contributed by atoms with E-state index in [1.807, 2.05) is 23.1 Å². The minimum atomic E-state index is -0.359. The molecule has 1 atom stereocenters. The van der Waals surface area contributed by atoms with Crippen molar-refractivity contribution in [2.24, 2.45) is 5.73 Å². The van der Waals surface area contributed by atoms with Crippen LogP contribution < -0.4 is 10.5 Å². The summed E-state index contributed by atoms with van der Waals surface area (Å²) in [5.41, 5.74) is 5.28. The summed E-state index contributed by atoms with van der Waals surface area (Å²) in [5, 5.41) is 0. The van der Waals surface area contributed by atoms with Crippen molar-refractivity contribution in [1.29, 1.82) is 0 Å². The maximum atomic E-state index is 12.0. The number of hydrogen-bond acceptors (Lipinski definition) is 4. The van der Waals surface area contributed by atoms with Gasteiger partial charge in [0.05, 0.1) is 6.04 Å². The van der Waals surface area contributed by atoms with E-state index >= 15 is 0 Å². The number of piperazine rings is 1. The lowest BCUT2D eigenvalue weighted by molar-refractivity contribution is -0.123. The van der Waals surface area contributed by atoms with Crippen LogP contribution in [0.15, 0.2) is 30.3 Å². The van der Waals surface area contributed by atoms with Gasteiger partial charge >= 0.3 is 6.09 Å². The molecule has 2 N–H and O–H groups in total. The van der Waals surface area contributed by atoms with Crippen molar-refractivity contribution in [3.05, 3.63) is 30.3 Å². The summed E-state index contributed by atoms with van der Waals surface area (Å²) in [6.45, 7) is 4.08. The zero-order valence-corrected chi connectivity index (χ0v) is 11.5. The summed E-state index contributed by atoms with van der Waals surface area (Å²) in [4.78, 5) is 26.7. The molecule has 0 aromatic heterocycles. The fourth-order valence-corrected chi connectivity index (χ4v) is 2.13. The Kier molecular flexibility index (Phi) is 4.57. The van der Waals surface area contributed by atoms with Gasteiger partial charge in [0.15, 0.2) is 0 Å². The number of carbonyl (C=O) groups is 2. The smallest absolute Gasteiger partial charge is 0.410 e. The van der Waals surface area contributed by atoms with Crippen LogP contribution in [0.3, 0.4) is 0 Å². The minimum absolute atomic E-state index is 0.303. The maximum absolute atomic E-state index is 12.0. The van der Waals surface area contributed by atoms with Gasteiger partial charge in [-0.05, 0) is 19.1 Å². The van der Waals surface area contributed by atoms with E-state index in [0.717, 1.165) is 0 Å². The van der Waals surface area contributed by atoms with Crippen molar-refractivity contribution < 1.29 is 14.3 Å². The third-order valence-electron chi connectivity index (χ3n) is 3.48. The predicted molar refractivity (Wildman–Crippen MR) is 74.3 cm³/mol. The van der Waals surface area contributed by atoms with Crippen LogP contribution in [0.1, 0.15) is 6.92 Å². The predicted octanol–water partition coefficient (Wildman–Crippen LogP) is 0.677. The van der Waals surface area contributed by atoms with Crippen molar-refractivity contribution in [2.75, 3.05) is 26.2 Å². The number of nitrogens with two attached hydrogens (primary N) is 1. The Balaban J connectivity index is 1.84. The van der Waals surface area contributed by atoms with Gasteiger partial charge in [0.25, 0.3) is 0 Å². The standard InChI is InChI=1S/C14H19N3O3/c1-11(13(15)18)16-7-9-17(10-8-16)14(19)20-12-5-3-2-4-6-12/h2-6,11H,7-10H2,1H3,(H2,15,18). The number of amides is 2. The molecular weight excluding hydrogens is 258 g/mol. The number of carbonyl (C=O) groups excluding carboxylic acids is 2. The Morgan fingerprint density at radius 3 is 2.30 bits per heavy atom. The minimum Gasteiger partial charge on any atom is -0.410 e. The summed E-state index contributed by atoms with van der Waals surface area (Å²) >= 11 is 0. The fourth-order valence-electron chi connectivity index (χ4n) is 2.13. The third-order valence-corrected chi connectivity index (χ3v) is 3.48. The highest BCUT2D eigenvalue weighted by atomic mass is 16.6. The van der Waals surface area contributed by atoms with Crippen LogP contribution in [0.25, 0.3) is 0 Å². The van der Waals surface area contributed by atoms with Crippen LogP contribution >= 0.6 is 0 Å². The van der Waals surface area contributed by atoms with Gasteiger partial charge in [-0.1, -0.05) is 18.2 Å². The summed E-state index contributed by atoms with van der Waals surface area (Å²) in [6.07, 6.45) is -0.359. The van der Waals surface area contributed by atoms with Crippen LogP contribution in [0, 0.1) is 0 Å². The molecule has 0 aliphatic carbocycles.